The zero-order valence-corrected chi connectivity index (χ0v) is 11.5. The first-order valence-electron chi connectivity index (χ1n) is 6.26. The highest BCUT2D eigenvalue weighted by atomic mass is 16.5. The molecule has 0 aromatic heterocycles. The second-order valence-electron chi connectivity index (χ2n) is 4.00. The lowest BCUT2D eigenvalue weighted by molar-refractivity contribution is -0.118. The highest BCUT2D eigenvalue weighted by molar-refractivity contribution is 5.78. The number of nitrogens with one attached hydrogen (secondary N) is 1. The lowest BCUT2D eigenvalue weighted by Crippen LogP contribution is -2.20. The summed E-state index contributed by atoms with van der Waals surface area (Å²) in [5, 5.41) is 12.6. The lowest BCUT2D eigenvalue weighted by Gasteiger charge is -2.08. The molecule has 1 amide bonds. The quantitative estimate of drug-likeness (QED) is 0.485. The summed E-state index contributed by atoms with van der Waals surface area (Å²) in [7, 11) is 0. The Morgan fingerprint density at radius 2 is 2.25 bits per heavy atom. The molecule has 0 aliphatic rings. The second-order valence-corrected chi connectivity index (χ2v) is 4.00. The Hall–Kier alpha value is -2.48. The fourth-order valence-electron chi connectivity index (χ4n) is 1.52. The van der Waals surface area contributed by atoms with Crippen LogP contribution in [-0.4, -0.2) is 30.5 Å². The minimum absolute atomic E-state index is 0.0792. The van der Waals surface area contributed by atoms with Crippen molar-refractivity contribution in [3.05, 3.63) is 23.3 Å². The standard InChI is InChI=1S/C15H17NO4/c1-3-20-14-9-12(10-17)8-13(15(14)19)6-4-5-7-16-11(2)18/h8-10,19H,3,5,7H2,1-2H3,(H,16,18). The van der Waals surface area contributed by atoms with Crippen molar-refractivity contribution in [2.24, 2.45) is 0 Å². The third-order valence-electron chi connectivity index (χ3n) is 2.38. The normalized spacial score (nSPS) is 9.30. The molecule has 0 aliphatic heterocycles. The highest BCUT2D eigenvalue weighted by Gasteiger charge is 2.09. The molecule has 1 aromatic carbocycles. The SMILES string of the molecule is CCOc1cc(C=O)cc(C#CCCNC(C)=O)c1O. The van der Waals surface area contributed by atoms with Gasteiger partial charge in [0.1, 0.15) is 6.29 Å². The number of amides is 1. The van der Waals surface area contributed by atoms with E-state index in [1.165, 1.54) is 19.1 Å². The van der Waals surface area contributed by atoms with Gasteiger partial charge in [0.25, 0.3) is 0 Å². The van der Waals surface area contributed by atoms with E-state index in [1.807, 2.05) is 0 Å². The van der Waals surface area contributed by atoms with E-state index < -0.39 is 0 Å². The summed E-state index contributed by atoms with van der Waals surface area (Å²) in [5.41, 5.74) is 0.721. The molecule has 20 heavy (non-hydrogen) atoms. The van der Waals surface area contributed by atoms with Crippen molar-refractivity contribution >= 4 is 12.2 Å². The lowest BCUT2D eigenvalue weighted by atomic mass is 10.1. The Morgan fingerprint density at radius 3 is 2.85 bits per heavy atom. The molecule has 0 radical (unpaired) electrons. The predicted octanol–water partition coefficient (Wildman–Crippen LogP) is 1.48. The van der Waals surface area contributed by atoms with Crippen LogP contribution >= 0.6 is 0 Å². The first-order chi connectivity index (χ1) is 9.58. The van der Waals surface area contributed by atoms with Crippen molar-refractivity contribution in [2.45, 2.75) is 20.3 Å². The van der Waals surface area contributed by atoms with Crippen LogP contribution in [0, 0.1) is 11.8 Å². The number of rotatable bonds is 5. The van der Waals surface area contributed by atoms with Crippen LogP contribution in [0.1, 0.15) is 36.2 Å². The van der Waals surface area contributed by atoms with Crippen molar-refractivity contribution in [3.63, 3.8) is 0 Å². The highest BCUT2D eigenvalue weighted by Crippen LogP contribution is 2.30. The molecule has 0 saturated heterocycles. The second kappa shape index (κ2) is 7.85. The van der Waals surface area contributed by atoms with Crippen LogP contribution in [0.3, 0.4) is 0 Å². The number of hydrogen-bond donors (Lipinski definition) is 2. The van der Waals surface area contributed by atoms with Gasteiger partial charge in [0.05, 0.1) is 12.2 Å². The van der Waals surface area contributed by atoms with E-state index in [9.17, 15) is 14.7 Å². The fraction of sp³-hybridized carbons (Fsp3) is 0.333. The molecule has 5 nitrogen and oxygen atoms in total. The molecule has 1 aromatic rings. The van der Waals surface area contributed by atoms with E-state index in [1.54, 1.807) is 6.92 Å². The summed E-state index contributed by atoms with van der Waals surface area (Å²) in [5.74, 6) is 5.64. The average molecular weight is 275 g/mol. The first kappa shape index (κ1) is 15.6. The Labute approximate surface area is 117 Å². The number of carbonyl (C=O) groups is 2. The third kappa shape index (κ3) is 4.65. The summed E-state index contributed by atoms with van der Waals surface area (Å²) in [6, 6.07) is 2.96. The van der Waals surface area contributed by atoms with E-state index in [2.05, 4.69) is 17.2 Å². The van der Waals surface area contributed by atoms with Gasteiger partial charge >= 0.3 is 0 Å². The summed E-state index contributed by atoms with van der Waals surface area (Å²) in [4.78, 5) is 21.5. The van der Waals surface area contributed by atoms with Gasteiger partial charge in [-0.25, -0.2) is 0 Å². The summed E-state index contributed by atoms with van der Waals surface area (Å²) < 4.78 is 5.25. The van der Waals surface area contributed by atoms with Gasteiger partial charge in [0, 0.05) is 25.5 Å². The zero-order chi connectivity index (χ0) is 15.0. The molecule has 5 heteroatoms. The number of aldehydes is 1. The molecule has 0 spiro atoms. The Bertz CT molecular complexity index is 555. The molecule has 1 rings (SSSR count). The molecule has 106 valence electrons. The summed E-state index contributed by atoms with van der Waals surface area (Å²) in [6.45, 7) is 4.03. The van der Waals surface area contributed by atoms with E-state index in [4.69, 9.17) is 4.74 Å². The van der Waals surface area contributed by atoms with Gasteiger partial charge in [-0.2, -0.15) is 0 Å². The fourth-order valence-corrected chi connectivity index (χ4v) is 1.52. The maximum Gasteiger partial charge on any atom is 0.216 e. The van der Waals surface area contributed by atoms with Gasteiger partial charge in [0.2, 0.25) is 5.91 Å². The van der Waals surface area contributed by atoms with Crippen LogP contribution < -0.4 is 10.1 Å². The third-order valence-corrected chi connectivity index (χ3v) is 2.38. The maximum atomic E-state index is 10.8. The molecule has 2 N–H and O–H groups in total. The Morgan fingerprint density at radius 1 is 1.50 bits per heavy atom. The number of ether oxygens (including phenoxy) is 1. The molecule has 0 saturated carbocycles. The van der Waals surface area contributed by atoms with E-state index >= 15 is 0 Å². The van der Waals surface area contributed by atoms with Crippen LogP contribution in [0.2, 0.25) is 0 Å². The van der Waals surface area contributed by atoms with Gasteiger partial charge < -0.3 is 15.2 Å². The van der Waals surface area contributed by atoms with Crippen molar-refractivity contribution < 1.29 is 19.4 Å². The number of phenolic OH excluding ortho intramolecular Hbond substituents is 1. The van der Waals surface area contributed by atoms with Crippen LogP contribution in [-0.2, 0) is 4.79 Å². The Balaban J connectivity index is 2.88. The monoisotopic (exact) mass is 275 g/mol. The number of hydrogen-bond acceptors (Lipinski definition) is 4. The van der Waals surface area contributed by atoms with Crippen LogP contribution in [0.5, 0.6) is 11.5 Å². The van der Waals surface area contributed by atoms with Gasteiger partial charge in [0.15, 0.2) is 11.5 Å². The molecule has 0 aliphatic carbocycles. The minimum atomic E-state index is -0.115. The summed E-state index contributed by atoms with van der Waals surface area (Å²) >= 11 is 0. The summed E-state index contributed by atoms with van der Waals surface area (Å²) in [6.07, 6.45) is 1.12. The smallest absolute Gasteiger partial charge is 0.216 e. The minimum Gasteiger partial charge on any atom is -0.503 e. The van der Waals surface area contributed by atoms with E-state index in [-0.39, 0.29) is 17.4 Å². The molecule has 0 heterocycles. The van der Waals surface area contributed by atoms with E-state index in [0.717, 1.165) is 0 Å². The van der Waals surface area contributed by atoms with Crippen molar-refractivity contribution in [3.8, 4) is 23.3 Å². The largest absolute Gasteiger partial charge is 0.503 e. The van der Waals surface area contributed by atoms with Crippen LogP contribution in [0.4, 0.5) is 0 Å². The van der Waals surface area contributed by atoms with Gasteiger partial charge in [-0.3, -0.25) is 9.59 Å². The van der Waals surface area contributed by atoms with Gasteiger partial charge in [-0.1, -0.05) is 11.8 Å². The molecule has 0 fully saturated rings. The molecular formula is C15H17NO4. The van der Waals surface area contributed by atoms with E-state index in [0.29, 0.717) is 37.0 Å². The van der Waals surface area contributed by atoms with Crippen molar-refractivity contribution in [1.82, 2.24) is 5.32 Å². The Kier molecular flexibility index (Phi) is 6.11. The topological polar surface area (TPSA) is 75.6 Å². The molecule has 0 bridgehead atoms. The zero-order valence-electron chi connectivity index (χ0n) is 11.5. The first-order valence-corrected chi connectivity index (χ1v) is 6.26. The number of carbonyl (C=O) groups excluding carboxylic acids is 2. The molecule has 0 unspecified atom stereocenters. The predicted molar refractivity (Wildman–Crippen MR) is 74.8 cm³/mol. The maximum absolute atomic E-state index is 10.8. The number of phenols is 1. The molecular weight excluding hydrogens is 258 g/mol. The van der Waals surface area contributed by atoms with Crippen molar-refractivity contribution in [2.75, 3.05) is 13.2 Å². The molecule has 0 atom stereocenters. The van der Waals surface area contributed by atoms with Gasteiger partial charge in [-0.05, 0) is 19.1 Å². The number of aromatic hydroxyl groups is 1. The van der Waals surface area contributed by atoms with Gasteiger partial charge in [-0.15, -0.1) is 0 Å². The number of benzene rings is 1. The van der Waals surface area contributed by atoms with Crippen LogP contribution in [0.15, 0.2) is 12.1 Å². The van der Waals surface area contributed by atoms with Crippen LogP contribution in [0.25, 0.3) is 0 Å². The van der Waals surface area contributed by atoms with Crippen molar-refractivity contribution in [1.29, 1.82) is 0 Å². The average Bonchev–Trinajstić information content (AvgIpc) is 2.42.